The number of hydrogen-bond donors (Lipinski definition) is 1. The molecule has 2 rings (SSSR count). The second kappa shape index (κ2) is 5.50. The summed E-state index contributed by atoms with van der Waals surface area (Å²) in [5.74, 6) is -1.42. The molecule has 6 heteroatoms. The van der Waals surface area contributed by atoms with E-state index >= 15 is 0 Å². The van der Waals surface area contributed by atoms with Crippen LogP contribution in [0.25, 0.3) is 0 Å². The Morgan fingerprint density at radius 1 is 1.06 bits per heavy atom. The first-order valence-electron chi connectivity index (χ1n) is 5.32. The van der Waals surface area contributed by atoms with Crippen LogP contribution in [0.1, 0.15) is 5.56 Å². The fourth-order valence-corrected chi connectivity index (χ4v) is 1.38. The Morgan fingerprint density at radius 3 is 2.22 bits per heavy atom. The molecule has 1 heterocycles. The molecule has 0 spiro atoms. The van der Waals surface area contributed by atoms with Gasteiger partial charge in [-0.25, -0.2) is 18.7 Å². The first-order chi connectivity index (χ1) is 8.67. The summed E-state index contributed by atoms with van der Waals surface area (Å²) in [7, 11) is 0. The maximum absolute atomic E-state index is 12.9. The number of aromatic nitrogens is 2. The third kappa shape index (κ3) is 3.21. The molecular formula is C12H11F2N3O. The SMILES string of the molecule is NCCc1cnc(Oc2cc(F)cc(F)c2)nc1. The molecule has 2 aromatic rings. The van der Waals surface area contributed by atoms with Crippen LogP contribution in [0.3, 0.4) is 0 Å². The Labute approximate surface area is 102 Å². The van der Waals surface area contributed by atoms with Crippen LogP contribution in [-0.4, -0.2) is 16.5 Å². The van der Waals surface area contributed by atoms with Crippen LogP contribution in [0.5, 0.6) is 11.8 Å². The van der Waals surface area contributed by atoms with E-state index in [4.69, 9.17) is 10.5 Å². The van der Waals surface area contributed by atoms with Gasteiger partial charge in [0.15, 0.2) is 0 Å². The zero-order valence-corrected chi connectivity index (χ0v) is 9.44. The van der Waals surface area contributed by atoms with Gasteiger partial charge in [0.25, 0.3) is 0 Å². The van der Waals surface area contributed by atoms with Gasteiger partial charge in [-0.15, -0.1) is 0 Å². The fourth-order valence-electron chi connectivity index (χ4n) is 1.38. The first kappa shape index (κ1) is 12.4. The average Bonchev–Trinajstić information content (AvgIpc) is 2.31. The van der Waals surface area contributed by atoms with E-state index in [0.29, 0.717) is 13.0 Å². The van der Waals surface area contributed by atoms with Crippen molar-refractivity contribution in [3.63, 3.8) is 0 Å². The van der Waals surface area contributed by atoms with Crippen molar-refractivity contribution in [2.75, 3.05) is 6.54 Å². The molecule has 0 bridgehead atoms. The van der Waals surface area contributed by atoms with E-state index in [1.807, 2.05) is 0 Å². The standard InChI is InChI=1S/C12H11F2N3O/c13-9-3-10(14)5-11(4-9)18-12-16-6-8(1-2-15)7-17-12/h3-7H,1-2,15H2. The molecule has 1 aromatic heterocycles. The summed E-state index contributed by atoms with van der Waals surface area (Å²) in [4.78, 5) is 7.84. The first-order valence-corrected chi connectivity index (χ1v) is 5.32. The Morgan fingerprint density at radius 2 is 1.67 bits per heavy atom. The van der Waals surface area contributed by atoms with E-state index in [2.05, 4.69) is 9.97 Å². The summed E-state index contributed by atoms with van der Waals surface area (Å²) < 4.78 is 31.0. The van der Waals surface area contributed by atoms with Gasteiger partial charge in [0, 0.05) is 30.6 Å². The minimum absolute atomic E-state index is 0.0130. The number of benzene rings is 1. The van der Waals surface area contributed by atoms with Crippen LogP contribution in [0.15, 0.2) is 30.6 Å². The van der Waals surface area contributed by atoms with Crippen molar-refractivity contribution in [3.8, 4) is 11.8 Å². The van der Waals surface area contributed by atoms with Gasteiger partial charge in [-0.3, -0.25) is 0 Å². The normalized spacial score (nSPS) is 10.4. The molecule has 0 aliphatic heterocycles. The largest absolute Gasteiger partial charge is 0.424 e. The Hall–Kier alpha value is -2.08. The summed E-state index contributed by atoms with van der Waals surface area (Å²) in [6.45, 7) is 0.499. The van der Waals surface area contributed by atoms with E-state index in [9.17, 15) is 8.78 Å². The highest BCUT2D eigenvalue weighted by Gasteiger charge is 2.05. The molecule has 0 saturated carbocycles. The van der Waals surface area contributed by atoms with E-state index < -0.39 is 11.6 Å². The molecule has 94 valence electrons. The predicted molar refractivity (Wildman–Crippen MR) is 61.2 cm³/mol. The molecule has 18 heavy (non-hydrogen) atoms. The highest BCUT2D eigenvalue weighted by atomic mass is 19.1. The van der Waals surface area contributed by atoms with Crippen LogP contribution in [-0.2, 0) is 6.42 Å². The molecule has 0 aliphatic rings. The number of nitrogens with two attached hydrogens (primary N) is 1. The van der Waals surface area contributed by atoms with E-state index in [-0.39, 0.29) is 11.8 Å². The number of nitrogens with zero attached hydrogens (tertiary/aromatic N) is 2. The van der Waals surface area contributed by atoms with Crippen molar-refractivity contribution in [1.82, 2.24) is 9.97 Å². The Balaban J connectivity index is 2.13. The maximum atomic E-state index is 12.9. The van der Waals surface area contributed by atoms with Gasteiger partial charge in [0.2, 0.25) is 0 Å². The van der Waals surface area contributed by atoms with Gasteiger partial charge >= 0.3 is 6.01 Å². The molecule has 0 atom stereocenters. The fraction of sp³-hybridized carbons (Fsp3) is 0.167. The zero-order valence-electron chi connectivity index (χ0n) is 9.44. The van der Waals surface area contributed by atoms with Gasteiger partial charge in [0.05, 0.1) is 0 Å². The molecule has 0 aliphatic carbocycles. The van der Waals surface area contributed by atoms with Gasteiger partial charge in [-0.05, 0) is 18.5 Å². The third-order valence-electron chi connectivity index (χ3n) is 2.16. The lowest BCUT2D eigenvalue weighted by Crippen LogP contribution is -2.03. The van der Waals surface area contributed by atoms with Crippen LogP contribution in [0, 0.1) is 11.6 Å². The average molecular weight is 251 g/mol. The van der Waals surface area contributed by atoms with Gasteiger partial charge in [-0.2, -0.15) is 0 Å². The molecule has 0 amide bonds. The Bertz CT molecular complexity index is 511. The topological polar surface area (TPSA) is 61.0 Å². The van der Waals surface area contributed by atoms with E-state index in [0.717, 1.165) is 23.8 Å². The molecule has 2 N–H and O–H groups in total. The van der Waals surface area contributed by atoms with E-state index in [1.54, 1.807) is 12.4 Å². The highest BCUT2D eigenvalue weighted by Crippen LogP contribution is 2.20. The van der Waals surface area contributed by atoms with Crippen LogP contribution >= 0.6 is 0 Å². The molecule has 0 radical (unpaired) electrons. The van der Waals surface area contributed by atoms with Crippen molar-refractivity contribution in [1.29, 1.82) is 0 Å². The predicted octanol–water partition coefficient (Wildman–Crippen LogP) is 2.05. The minimum Gasteiger partial charge on any atom is -0.424 e. The minimum atomic E-state index is -0.718. The molecule has 4 nitrogen and oxygen atoms in total. The highest BCUT2D eigenvalue weighted by molar-refractivity contribution is 5.26. The quantitative estimate of drug-likeness (QED) is 0.903. The smallest absolute Gasteiger partial charge is 0.321 e. The maximum Gasteiger partial charge on any atom is 0.321 e. The van der Waals surface area contributed by atoms with Gasteiger partial charge < -0.3 is 10.5 Å². The number of rotatable bonds is 4. The van der Waals surface area contributed by atoms with Crippen molar-refractivity contribution < 1.29 is 13.5 Å². The van der Waals surface area contributed by atoms with Gasteiger partial charge in [0.1, 0.15) is 17.4 Å². The molecule has 1 aromatic carbocycles. The van der Waals surface area contributed by atoms with Crippen molar-refractivity contribution in [2.24, 2.45) is 5.73 Å². The van der Waals surface area contributed by atoms with Crippen LogP contribution < -0.4 is 10.5 Å². The van der Waals surface area contributed by atoms with Crippen LogP contribution in [0.4, 0.5) is 8.78 Å². The molecule has 0 saturated heterocycles. The number of hydrogen-bond acceptors (Lipinski definition) is 4. The Kier molecular flexibility index (Phi) is 3.78. The summed E-state index contributed by atoms with van der Waals surface area (Å²) in [5.41, 5.74) is 6.26. The lowest BCUT2D eigenvalue weighted by Gasteiger charge is -2.04. The number of halogens is 2. The summed E-state index contributed by atoms with van der Waals surface area (Å²) in [5, 5.41) is 0. The second-order valence-electron chi connectivity index (χ2n) is 3.62. The van der Waals surface area contributed by atoms with E-state index in [1.165, 1.54) is 0 Å². The van der Waals surface area contributed by atoms with Crippen LogP contribution in [0.2, 0.25) is 0 Å². The van der Waals surface area contributed by atoms with Crippen molar-refractivity contribution in [2.45, 2.75) is 6.42 Å². The monoisotopic (exact) mass is 251 g/mol. The van der Waals surface area contributed by atoms with Crippen molar-refractivity contribution in [3.05, 3.63) is 47.8 Å². The molecule has 0 unspecified atom stereocenters. The third-order valence-corrected chi connectivity index (χ3v) is 2.16. The van der Waals surface area contributed by atoms with Gasteiger partial charge in [-0.1, -0.05) is 0 Å². The second-order valence-corrected chi connectivity index (χ2v) is 3.62. The molecular weight excluding hydrogens is 240 g/mol. The lowest BCUT2D eigenvalue weighted by molar-refractivity contribution is 0.432. The number of ether oxygens (including phenoxy) is 1. The summed E-state index contributed by atoms with van der Waals surface area (Å²) >= 11 is 0. The summed E-state index contributed by atoms with van der Waals surface area (Å²) in [6.07, 6.45) is 3.78. The zero-order chi connectivity index (χ0) is 13.0. The molecule has 0 fully saturated rings. The summed E-state index contributed by atoms with van der Waals surface area (Å²) in [6, 6.07) is 2.90. The van der Waals surface area contributed by atoms with Crippen molar-refractivity contribution >= 4 is 0 Å². The lowest BCUT2D eigenvalue weighted by atomic mass is 10.2.